The summed E-state index contributed by atoms with van der Waals surface area (Å²) in [7, 11) is -0.825. The molecule has 0 aliphatic heterocycles. The molecule has 0 saturated heterocycles. The number of carbonyl (C=O) groups is 1. The molecular weight excluding hydrogens is 381 g/mol. The Kier molecular flexibility index (Phi) is 6.22. The van der Waals surface area contributed by atoms with E-state index in [0.29, 0.717) is 12.2 Å². The number of benzene rings is 2. The van der Waals surface area contributed by atoms with Gasteiger partial charge in [0.1, 0.15) is 5.82 Å². The maximum Gasteiger partial charge on any atom is 0.257 e. The number of nitrogens with zero attached hydrogens (tertiary/aromatic N) is 1. The molecule has 0 bridgehead atoms. The number of halogens is 2. The third-order valence-electron chi connectivity index (χ3n) is 3.56. The van der Waals surface area contributed by atoms with Gasteiger partial charge in [-0.3, -0.25) is 4.79 Å². The molecule has 2 aromatic carbocycles. The van der Waals surface area contributed by atoms with Crippen molar-refractivity contribution in [1.82, 2.24) is 4.31 Å². The van der Waals surface area contributed by atoms with Crippen molar-refractivity contribution in [3.8, 4) is 0 Å². The smallest absolute Gasteiger partial charge is 0.257 e. The first-order valence-corrected chi connectivity index (χ1v) is 9.55. The quantitative estimate of drug-likeness (QED) is 0.780. The summed E-state index contributed by atoms with van der Waals surface area (Å²) in [6.45, 7) is 2.44. The van der Waals surface area contributed by atoms with Gasteiger partial charge in [0.05, 0.1) is 26.9 Å². The molecule has 140 valence electrons. The first kappa shape index (κ1) is 20.2. The van der Waals surface area contributed by atoms with Crippen LogP contribution in [0.15, 0.2) is 41.3 Å². The molecule has 0 fully saturated rings. The summed E-state index contributed by atoms with van der Waals surface area (Å²) in [6.07, 6.45) is 0. The second kappa shape index (κ2) is 8.03. The van der Waals surface area contributed by atoms with Crippen molar-refractivity contribution in [3.63, 3.8) is 0 Å². The molecule has 9 heteroatoms. The number of carbonyl (C=O) groups excluding carboxylic acids is 1. The Balaban J connectivity index is 2.44. The zero-order valence-corrected chi connectivity index (χ0v) is 16.1. The summed E-state index contributed by atoms with van der Waals surface area (Å²) < 4.78 is 38.9. The molecule has 6 nitrogen and oxygen atoms in total. The zero-order valence-electron chi connectivity index (χ0n) is 14.5. The zero-order chi connectivity index (χ0) is 19.5. The van der Waals surface area contributed by atoms with E-state index in [0.717, 1.165) is 16.4 Å². The van der Waals surface area contributed by atoms with Crippen molar-refractivity contribution >= 4 is 38.9 Å². The first-order valence-electron chi connectivity index (χ1n) is 7.73. The van der Waals surface area contributed by atoms with E-state index in [2.05, 4.69) is 10.6 Å². The van der Waals surface area contributed by atoms with E-state index in [9.17, 15) is 17.6 Å². The molecular formula is C17H19ClFN3O3S. The molecule has 0 heterocycles. The fourth-order valence-corrected chi connectivity index (χ4v) is 3.39. The Bertz CT molecular complexity index is 933. The van der Waals surface area contributed by atoms with E-state index >= 15 is 0 Å². The Hall–Kier alpha value is -2.16. The number of hydrogen-bond donors (Lipinski definition) is 2. The van der Waals surface area contributed by atoms with Gasteiger partial charge in [0.2, 0.25) is 10.0 Å². The third-order valence-corrected chi connectivity index (χ3v) is 5.68. The Morgan fingerprint density at radius 3 is 2.42 bits per heavy atom. The van der Waals surface area contributed by atoms with Crippen molar-refractivity contribution in [1.29, 1.82) is 0 Å². The van der Waals surface area contributed by atoms with E-state index in [-0.39, 0.29) is 21.2 Å². The lowest BCUT2D eigenvalue weighted by Crippen LogP contribution is -2.22. The van der Waals surface area contributed by atoms with Gasteiger partial charge in [0.15, 0.2) is 0 Å². The van der Waals surface area contributed by atoms with Gasteiger partial charge in [-0.15, -0.1) is 0 Å². The number of anilines is 2. The number of amides is 1. The topological polar surface area (TPSA) is 78.5 Å². The van der Waals surface area contributed by atoms with Crippen LogP contribution in [-0.4, -0.2) is 39.3 Å². The molecule has 2 rings (SSSR count). The lowest BCUT2D eigenvalue weighted by molar-refractivity contribution is 0.102. The highest BCUT2D eigenvalue weighted by atomic mass is 35.5. The summed E-state index contributed by atoms with van der Waals surface area (Å²) in [5.41, 5.74) is 0.911. The molecule has 0 radical (unpaired) electrons. The van der Waals surface area contributed by atoms with E-state index < -0.39 is 21.7 Å². The average molecular weight is 400 g/mol. The molecule has 2 aromatic rings. The molecule has 0 aromatic heterocycles. The number of sulfonamides is 1. The highest BCUT2D eigenvalue weighted by Crippen LogP contribution is 2.28. The monoisotopic (exact) mass is 399 g/mol. The van der Waals surface area contributed by atoms with Gasteiger partial charge in [-0.25, -0.2) is 17.1 Å². The highest BCUT2D eigenvalue weighted by molar-refractivity contribution is 7.89. The Morgan fingerprint density at radius 2 is 1.85 bits per heavy atom. The number of nitrogens with one attached hydrogen (secondary N) is 2. The molecule has 0 atom stereocenters. The summed E-state index contributed by atoms with van der Waals surface area (Å²) >= 11 is 5.92. The van der Waals surface area contributed by atoms with Crippen LogP contribution in [0.25, 0.3) is 0 Å². The molecule has 0 unspecified atom stereocenters. The van der Waals surface area contributed by atoms with E-state index in [1.54, 1.807) is 6.07 Å². The van der Waals surface area contributed by atoms with Crippen molar-refractivity contribution < 1.29 is 17.6 Å². The van der Waals surface area contributed by atoms with Gasteiger partial charge in [0, 0.05) is 20.6 Å². The van der Waals surface area contributed by atoms with Crippen LogP contribution in [0.5, 0.6) is 0 Å². The fraction of sp³-hybridized carbons (Fsp3) is 0.235. The third kappa shape index (κ3) is 4.32. The van der Waals surface area contributed by atoms with E-state index in [1.165, 1.54) is 32.3 Å². The van der Waals surface area contributed by atoms with Crippen LogP contribution in [0.2, 0.25) is 5.02 Å². The van der Waals surface area contributed by atoms with Crippen LogP contribution in [-0.2, 0) is 10.0 Å². The fourth-order valence-electron chi connectivity index (χ4n) is 2.21. The van der Waals surface area contributed by atoms with Crippen molar-refractivity contribution in [2.45, 2.75) is 11.8 Å². The van der Waals surface area contributed by atoms with Crippen LogP contribution in [0.4, 0.5) is 15.8 Å². The van der Waals surface area contributed by atoms with Crippen LogP contribution in [0.3, 0.4) is 0 Å². The minimum Gasteiger partial charge on any atom is -0.384 e. The molecule has 2 N–H and O–H groups in total. The van der Waals surface area contributed by atoms with Gasteiger partial charge < -0.3 is 10.6 Å². The van der Waals surface area contributed by atoms with Gasteiger partial charge in [0.25, 0.3) is 5.91 Å². The van der Waals surface area contributed by atoms with Gasteiger partial charge in [-0.1, -0.05) is 11.6 Å². The summed E-state index contributed by atoms with van der Waals surface area (Å²) in [5.74, 6) is -1.13. The second-order valence-electron chi connectivity index (χ2n) is 5.60. The van der Waals surface area contributed by atoms with E-state index in [4.69, 9.17) is 11.6 Å². The van der Waals surface area contributed by atoms with Crippen LogP contribution in [0, 0.1) is 5.82 Å². The predicted molar refractivity (Wildman–Crippen MR) is 101 cm³/mol. The molecule has 0 spiro atoms. The van der Waals surface area contributed by atoms with Gasteiger partial charge >= 0.3 is 0 Å². The SMILES string of the molecule is CCNc1ccc(S(=O)(=O)N(C)C)cc1NC(=O)c1ccc(F)cc1Cl. The van der Waals surface area contributed by atoms with E-state index in [1.807, 2.05) is 6.92 Å². The maximum atomic E-state index is 13.2. The number of rotatable bonds is 6. The minimum atomic E-state index is -3.67. The maximum absolute atomic E-state index is 13.2. The van der Waals surface area contributed by atoms with Gasteiger partial charge in [-0.05, 0) is 43.3 Å². The molecule has 26 heavy (non-hydrogen) atoms. The molecule has 0 saturated carbocycles. The molecule has 1 amide bonds. The first-order chi connectivity index (χ1) is 12.2. The molecule has 0 aliphatic rings. The Morgan fingerprint density at radius 1 is 1.15 bits per heavy atom. The highest BCUT2D eigenvalue weighted by Gasteiger charge is 2.20. The van der Waals surface area contributed by atoms with Crippen molar-refractivity contribution in [2.24, 2.45) is 0 Å². The summed E-state index contributed by atoms with van der Waals surface area (Å²) in [4.78, 5) is 12.5. The predicted octanol–water partition coefficient (Wildman–Crippen LogP) is 3.41. The summed E-state index contributed by atoms with van der Waals surface area (Å²) in [6, 6.07) is 7.81. The van der Waals surface area contributed by atoms with Crippen molar-refractivity contribution in [3.05, 3.63) is 52.8 Å². The largest absolute Gasteiger partial charge is 0.384 e. The van der Waals surface area contributed by atoms with Gasteiger partial charge in [-0.2, -0.15) is 0 Å². The minimum absolute atomic E-state index is 0.0321. The van der Waals surface area contributed by atoms with Crippen LogP contribution >= 0.6 is 11.6 Å². The Labute approximate surface area is 157 Å². The normalized spacial score (nSPS) is 11.5. The van der Waals surface area contributed by atoms with Crippen LogP contribution < -0.4 is 10.6 Å². The standard InChI is InChI=1S/C17H19ClFN3O3S/c1-4-20-15-8-6-12(26(24,25)22(2)3)10-16(15)21-17(23)13-7-5-11(19)9-14(13)18/h5-10,20H,4H2,1-3H3,(H,21,23). The lowest BCUT2D eigenvalue weighted by Gasteiger charge is -2.16. The summed E-state index contributed by atoms with van der Waals surface area (Å²) in [5, 5.41) is 5.64. The number of hydrogen-bond acceptors (Lipinski definition) is 4. The molecule has 0 aliphatic carbocycles. The second-order valence-corrected chi connectivity index (χ2v) is 8.16. The van der Waals surface area contributed by atoms with Crippen LogP contribution in [0.1, 0.15) is 17.3 Å². The van der Waals surface area contributed by atoms with Crippen molar-refractivity contribution in [2.75, 3.05) is 31.3 Å². The lowest BCUT2D eigenvalue weighted by atomic mass is 10.2. The average Bonchev–Trinajstić information content (AvgIpc) is 2.56.